The van der Waals surface area contributed by atoms with Crippen LogP contribution in [0.5, 0.6) is 5.75 Å². The van der Waals surface area contributed by atoms with E-state index in [-0.39, 0.29) is 17.9 Å². The molecule has 10 heteroatoms. The Morgan fingerprint density at radius 3 is 2.61 bits per heavy atom. The van der Waals surface area contributed by atoms with Gasteiger partial charge in [0.25, 0.3) is 5.91 Å². The van der Waals surface area contributed by atoms with Crippen molar-refractivity contribution in [3.63, 3.8) is 0 Å². The van der Waals surface area contributed by atoms with Crippen molar-refractivity contribution in [1.29, 1.82) is 0 Å². The summed E-state index contributed by atoms with van der Waals surface area (Å²) < 4.78 is 47.6. The largest absolute Gasteiger partial charge is 0.497 e. The fraction of sp³-hybridized carbons (Fsp3) is 0.304. The number of hydrogen-bond donors (Lipinski definition) is 3. The summed E-state index contributed by atoms with van der Waals surface area (Å²) in [6.45, 7) is 1.59. The van der Waals surface area contributed by atoms with Crippen LogP contribution in [0.3, 0.4) is 0 Å². The molecule has 0 spiro atoms. The van der Waals surface area contributed by atoms with E-state index in [4.69, 9.17) is 4.74 Å². The highest BCUT2D eigenvalue weighted by Crippen LogP contribution is 2.43. The molecule has 1 aliphatic heterocycles. The average molecular weight is 460 g/mol. The van der Waals surface area contributed by atoms with Crippen molar-refractivity contribution in [3.8, 4) is 5.75 Å². The molecule has 0 bridgehead atoms. The number of carbonyl (C=O) groups is 1. The van der Waals surface area contributed by atoms with Crippen LogP contribution in [0.15, 0.2) is 54.6 Å². The Morgan fingerprint density at radius 2 is 1.97 bits per heavy atom. The molecule has 3 atom stereocenters. The summed E-state index contributed by atoms with van der Waals surface area (Å²) in [5, 5.41) is 19.4. The zero-order chi connectivity index (χ0) is 23.8. The molecule has 33 heavy (non-hydrogen) atoms. The number of aliphatic hydroxyl groups is 1. The Hall–Kier alpha value is -3.53. The SMILES string of the molecule is COc1ccc([C@@H]2C[C@H](C(F)(F)F)n3nc(C(=O)Nc4cccc([C@@H](C)O)c4)cc3N2)cc1. The van der Waals surface area contributed by atoms with Crippen molar-refractivity contribution in [1.82, 2.24) is 9.78 Å². The average Bonchev–Trinajstić information content (AvgIpc) is 3.22. The van der Waals surface area contributed by atoms with Crippen LogP contribution < -0.4 is 15.4 Å². The molecule has 1 aromatic heterocycles. The molecule has 0 radical (unpaired) electrons. The molecule has 1 amide bonds. The third kappa shape index (κ3) is 4.80. The summed E-state index contributed by atoms with van der Waals surface area (Å²) in [6, 6.07) is 12.2. The summed E-state index contributed by atoms with van der Waals surface area (Å²) in [5.74, 6) is 0.0567. The van der Waals surface area contributed by atoms with Crippen molar-refractivity contribution >= 4 is 17.4 Å². The van der Waals surface area contributed by atoms with Crippen molar-refractivity contribution in [2.45, 2.75) is 37.7 Å². The van der Waals surface area contributed by atoms with Crippen LogP contribution in [0.1, 0.15) is 53.1 Å². The second kappa shape index (κ2) is 8.78. The molecule has 1 aliphatic rings. The molecular formula is C23H23F3N4O3. The van der Waals surface area contributed by atoms with Gasteiger partial charge < -0.3 is 20.5 Å². The summed E-state index contributed by atoms with van der Waals surface area (Å²) in [4.78, 5) is 12.7. The van der Waals surface area contributed by atoms with Crippen LogP contribution in [-0.4, -0.2) is 34.1 Å². The second-order valence-corrected chi connectivity index (χ2v) is 7.88. The minimum atomic E-state index is -4.55. The maximum Gasteiger partial charge on any atom is 0.410 e. The number of halogens is 3. The predicted molar refractivity (Wildman–Crippen MR) is 116 cm³/mol. The van der Waals surface area contributed by atoms with Crippen molar-refractivity contribution < 1.29 is 27.8 Å². The van der Waals surface area contributed by atoms with Crippen molar-refractivity contribution in [2.24, 2.45) is 0 Å². The topological polar surface area (TPSA) is 88.4 Å². The van der Waals surface area contributed by atoms with Crippen LogP contribution in [0.2, 0.25) is 0 Å². The molecular weight excluding hydrogens is 437 g/mol. The van der Waals surface area contributed by atoms with Gasteiger partial charge in [0.2, 0.25) is 0 Å². The van der Waals surface area contributed by atoms with E-state index in [1.54, 1.807) is 55.5 Å². The lowest BCUT2D eigenvalue weighted by Crippen LogP contribution is -2.35. The number of benzene rings is 2. The monoisotopic (exact) mass is 460 g/mol. The lowest BCUT2D eigenvalue weighted by atomic mass is 9.97. The normalized spacial score (nSPS) is 18.7. The number of hydrogen-bond acceptors (Lipinski definition) is 5. The molecule has 0 saturated heterocycles. The standard InChI is InChI=1S/C23H23F3N4O3/c1-13(31)15-4-3-5-16(10-15)27-22(32)19-12-21-28-18(14-6-8-17(33-2)9-7-14)11-20(23(24,25)26)30(21)29-19/h3-10,12-13,18,20,28,31H,11H2,1-2H3,(H,27,32)/t13-,18+,20-/m1/s1. The van der Waals surface area contributed by atoms with Gasteiger partial charge in [-0.15, -0.1) is 0 Å². The van der Waals surface area contributed by atoms with E-state index in [0.717, 1.165) is 4.68 Å². The third-order valence-corrected chi connectivity index (χ3v) is 5.57. The molecule has 2 heterocycles. The number of anilines is 2. The molecule has 0 saturated carbocycles. The van der Waals surface area contributed by atoms with Crippen molar-refractivity contribution in [3.05, 3.63) is 71.4 Å². The van der Waals surface area contributed by atoms with Gasteiger partial charge in [-0.25, -0.2) is 4.68 Å². The van der Waals surface area contributed by atoms with E-state index >= 15 is 0 Å². The summed E-state index contributed by atoms with van der Waals surface area (Å²) >= 11 is 0. The lowest BCUT2D eigenvalue weighted by Gasteiger charge is -2.33. The number of alkyl halides is 3. The number of carbonyl (C=O) groups excluding carboxylic acids is 1. The first-order valence-electron chi connectivity index (χ1n) is 10.3. The zero-order valence-corrected chi connectivity index (χ0v) is 17.9. The highest BCUT2D eigenvalue weighted by atomic mass is 19.4. The number of amides is 1. The van der Waals surface area contributed by atoms with E-state index in [0.29, 0.717) is 22.6 Å². The number of aromatic nitrogens is 2. The van der Waals surface area contributed by atoms with Crippen LogP contribution in [0.4, 0.5) is 24.7 Å². The minimum Gasteiger partial charge on any atom is -0.497 e. The van der Waals surface area contributed by atoms with Gasteiger partial charge in [-0.1, -0.05) is 24.3 Å². The molecule has 3 N–H and O–H groups in total. The van der Waals surface area contributed by atoms with Crippen LogP contribution in [-0.2, 0) is 0 Å². The molecule has 0 unspecified atom stereocenters. The number of ether oxygens (including phenoxy) is 1. The second-order valence-electron chi connectivity index (χ2n) is 7.88. The molecule has 174 valence electrons. The Kier molecular flexibility index (Phi) is 6.03. The number of methoxy groups -OCH3 is 1. The molecule has 3 aromatic rings. The first kappa shape index (κ1) is 22.7. The minimum absolute atomic E-state index is 0.104. The number of aliphatic hydroxyl groups excluding tert-OH is 1. The highest BCUT2D eigenvalue weighted by molar-refractivity contribution is 6.03. The van der Waals surface area contributed by atoms with Gasteiger partial charge in [0.15, 0.2) is 11.7 Å². The van der Waals surface area contributed by atoms with Gasteiger partial charge in [0.05, 0.1) is 19.3 Å². The van der Waals surface area contributed by atoms with Gasteiger partial charge in [-0.2, -0.15) is 18.3 Å². The lowest BCUT2D eigenvalue weighted by molar-refractivity contribution is -0.173. The Bertz CT molecular complexity index is 1140. The maximum atomic E-state index is 13.9. The number of fused-ring (bicyclic) bond motifs is 1. The summed E-state index contributed by atoms with van der Waals surface area (Å²) in [5.41, 5.74) is 1.52. The van der Waals surface area contributed by atoms with Crippen LogP contribution in [0, 0.1) is 0 Å². The van der Waals surface area contributed by atoms with Crippen LogP contribution in [0.25, 0.3) is 0 Å². The van der Waals surface area contributed by atoms with Crippen molar-refractivity contribution in [2.75, 3.05) is 17.7 Å². The summed E-state index contributed by atoms with van der Waals surface area (Å²) in [6.07, 6.45) is -5.55. The quantitative estimate of drug-likeness (QED) is 0.506. The Morgan fingerprint density at radius 1 is 1.24 bits per heavy atom. The number of nitrogens with one attached hydrogen (secondary N) is 2. The third-order valence-electron chi connectivity index (χ3n) is 5.57. The number of rotatable bonds is 5. The first-order chi connectivity index (χ1) is 15.7. The maximum absolute atomic E-state index is 13.9. The summed E-state index contributed by atoms with van der Waals surface area (Å²) in [7, 11) is 1.51. The zero-order valence-electron chi connectivity index (χ0n) is 17.9. The molecule has 2 aromatic carbocycles. The van der Waals surface area contributed by atoms with Gasteiger partial charge in [-0.3, -0.25) is 4.79 Å². The fourth-order valence-corrected chi connectivity index (χ4v) is 3.81. The van der Waals surface area contributed by atoms with E-state index in [2.05, 4.69) is 15.7 Å². The molecule has 0 aliphatic carbocycles. The number of nitrogens with zero attached hydrogens (tertiary/aromatic N) is 2. The fourth-order valence-electron chi connectivity index (χ4n) is 3.81. The molecule has 0 fully saturated rings. The van der Waals surface area contributed by atoms with E-state index in [1.165, 1.54) is 13.2 Å². The molecule has 4 rings (SSSR count). The molecule has 7 nitrogen and oxygen atoms in total. The highest BCUT2D eigenvalue weighted by Gasteiger charge is 2.46. The predicted octanol–water partition coefficient (Wildman–Crippen LogP) is 4.86. The van der Waals surface area contributed by atoms with Gasteiger partial charge in [0.1, 0.15) is 11.6 Å². The smallest absolute Gasteiger partial charge is 0.410 e. The van der Waals surface area contributed by atoms with Gasteiger partial charge >= 0.3 is 6.18 Å². The van der Waals surface area contributed by atoms with Gasteiger partial charge in [0, 0.05) is 18.2 Å². The van der Waals surface area contributed by atoms with E-state index in [9.17, 15) is 23.1 Å². The first-order valence-corrected chi connectivity index (χ1v) is 10.3. The Labute approximate surface area is 188 Å². The van der Waals surface area contributed by atoms with Crippen LogP contribution >= 0.6 is 0 Å². The Balaban J connectivity index is 1.61. The van der Waals surface area contributed by atoms with E-state index in [1.807, 2.05) is 0 Å². The van der Waals surface area contributed by atoms with Gasteiger partial charge in [-0.05, 0) is 42.3 Å². The van der Waals surface area contributed by atoms with E-state index < -0.39 is 30.3 Å².